The Hall–Kier alpha value is -3.14. The molecule has 0 spiro atoms. The van der Waals surface area contributed by atoms with Crippen LogP contribution in [0, 0.1) is 5.82 Å². The molecule has 0 radical (unpaired) electrons. The molecule has 3 nitrogen and oxygen atoms in total. The van der Waals surface area contributed by atoms with E-state index in [4.69, 9.17) is 0 Å². The number of nitrogens with one attached hydrogen (secondary N) is 1. The number of carbonyl (C=O) groups excluding carboxylic acids is 1. The third kappa shape index (κ3) is 2.87. The molecule has 1 heterocycles. The van der Waals surface area contributed by atoms with Crippen LogP contribution in [-0.2, 0) is 6.54 Å². The fourth-order valence-corrected chi connectivity index (χ4v) is 3.18. The van der Waals surface area contributed by atoms with Crippen molar-refractivity contribution in [3.05, 3.63) is 101 Å². The molecule has 0 fully saturated rings. The molecule has 3 aromatic carbocycles. The Labute approximate surface area is 145 Å². The summed E-state index contributed by atoms with van der Waals surface area (Å²) in [5.41, 5.74) is 2.79. The van der Waals surface area contributed by atoms with Crippen LogP contribution in [0.15, 0.2) is 78.9 Å². The summed E-state index contributed by atoms with van der Waals surface area (Å²) < 4.78 is 14.4. The zero-order valence-corrected chi connectivity index (χ0v) is 13.5. The molecule has 1 aliphatic rings. The fraction of sp³-hybridized carbons (Fsp3) is 0.0952. The zero-order valence-electron chi connectivity index (χ0n) is 13.5. The van der Waals surface area contributed by atoms with Crippen LogP contribution in [0.2, 0.25) is 0 Å². The third-order valence-corrected chi connectivity index (χ3v) is 4.42. The van der Waals surface area contributed by atoms with Gasteiger partial charge in [-0.2, -0.15) is 0 Å². The van der Waals surface area contributed by atoms with Gasteiger partial charge in [-0.05, 0) is 23.8 Å². The van der Waals surface area contributed by atoms with Gasteiger partial charge < -0.3 is 10.2 Å². The molecule has 1 unspecified atom stereocenters. The number of hydrogen-bond donors (Lipinski definition) is 1. The number of para-hydroxylation sites is 1. The Morgan fingerprint density at radius 3 is 2.36 bits per heavy atom. The normalized spacial score (nSPS) is 16.3. The van der Waals surface area contributed by atoms with Crippen molar-refractivity contribution in [3.63, 3.8) is 0 Å². The largest absolute Gasteiger partial charge is 0.361 e. The van der Waals surface area contributed by atoms with Crippen LogP contribution in [-0.4, -0.2) is 10.8 Å². The van der Waals surface area contributed by atoms with Gasteiger partial charge in [0.15, 0.2) is 0 Å². The van der Waals surface area contributed by atoms with Gasteiger partial charge in [0.05, 0.1) is 5.56 Å². The number of hydrogen-bond acceptors (Lipinski definition) is 2. The van der Waals surface area contributed by atoms with Crippen molar-refractivity contribution in [2.75, 3.05) is 5.32 Å². The second kappa shape index (κ2) is 6.40. The fourth-order valence-electron chi connectivity index (χ4n) is 3.18. The van der Waals surface area contributed by atoms with Gasteiger partial charge in [-0.25, -0.2) is 4.39 Å². The molecule has 124 valence electrons. The smallest absolute Gasteiger partial charge is 0.258 e. The minimum absolute atomic E-state index is 0.105. The average molecular weight is 332 g/mol. The van der Waals surface area contributed by atoms with Gasteiger partial charge in [0.1, 0.15) is 12.0 Å². The van der Waals surface area contributed by atoms with E-state index in [-0.39, 0.29) is 11.7 Å². The summed E-state index contributed by atoms with van der Waals surface area (Å²) in [5, 5.41) is 3.32. The first-order chi connectivity index (χ1) is 12.2. The molecule has 0 saturated carbocycles. The number of benzene rings is 3. The molecule has 0 bridgehead atoms. The van der Waals surface area contributed by atoms with Crippen LogP contribution >= 0.6 is 0 Å². The van der Waals surface area contributed by atoms with E-state index in [9.17, 15) is 9.18 Å². The predicted molar refractivity (Wildman–Crippen MR) is 95.5 cm³/mol. The maximum absolute atomic E-state index is 14.4. The molecule has 4 heteroatoms. The van der Waals surface area contributed by atoms with Gasteiger partial charge in [-0.1, -0.05) is 60.7 Å². The van der Waals surface area contributed by atoms with Crippen LogP contribution in [0.5, 0.6) is 0 Å². The first-order valence-corrected chi connectivity index (χ1v) is 8.19. The highest BCUT2D eigenvalue weighted by Crippen LogP contribution is 2.34. The second-order valence-corrected chi connectivity index (χ2v) is 6.03. The standard InChI is InChI=1S/C21H17FN2O/c22-18-12-6-4-10-16(18)20-23-19-13-7-5-11-17(19)21(25)24(20)14-15-8-2-1-3-9-15/h1-13,20,23H,14H2. The van der Waals surface area contributed by atoms with Crippen LogP contribution in [0.1, 0.15) is 27.7 Å². The molecule has 1 atom stereocenters. The van der Waals surface area contributed by atoms with E-state index in [1.165, 1.54) is 6.07 Å². The van der Waals surface area contributed by atoms with Crippen LogP contribution in [0.3, 0.4) is 0 Å². The van der Waals surface area contributed by atoms with Gasteiger partial charge in [0.25, 0.3) is 5.91 Å². The Morgan fingerprint density at radius 1 is 0.880 bits per heavy atom. The van der Waals surface area contributed by atoms with E-state index >= 15 is 0 Å². The summed E-state index contributed by atoms with van der Waals surface area (Å²) in [5.74, 6) is -0.434. The van der Waals surface area contributed by atoms with Gasteiger partial charge in [0, 0.05) is 17.8 Å². The summed E-state index contributed by atoms with van der Waals surface area (Å²) in [6, 6.07) is 23.6. The predicted octanol–water partition coefficient (Wildman–Crippen LogP) is 4.59. The summed E-state index contributed by atoms with van der Waals surface area (Å²) in [6.45, 7) is 0.403. The molecule has 1 amide bonds. The monoisotopic (exact) mass is 332 g/mol. The van der Waals surface area contributed by atoms with E-state index in [1.54, 1.807) is 29.2 Å². The van der Waals surface area contributed by atoms with Crippen molar-refractivity contribution in [2.24, 2.45) is 0 Å². The lowest BCUT2D eigenvalue weighted by Crippen LogP contribution is -2.42. The molecule has 4 rings (SSSR count). The number of nitrogens with zero attached hydrogens (tertiary/aromatic N) is 1. The summed E-state index contributed by atoms with van der Waals surface area (Å²) >= 11 is 0. The lowest BCUT2D eigenvalue weighted by molar-refractivity contribution is 0.0663. The van der Waals surface area contributed by atoms with Gasteiger partial charge in [-0.15, -0.1) is 0 Å². The van der Waals surface area contributed by atoms with E-state index in [0.717, 1.165) is 11.3 Å². The summed E-state index contributed by atoms with van der Waals surface area (Å²) in [4.78, 5) is 14.8. The Balaban J connectivity index is 1.79. The van der Waals surface area contributed by atoms with Crippen LogP contribution in [0.4, 0.5) is 10.1 Å². The summed E-state index contributed by atoms with van der Waals surface area (Å²) in [7, 11) is 0. The zero-order chi connectivity index (χ0) is 17.2. The highest BCUT2D eigenvalue weighted by molar-refractivity contribution is 6.01. The van der Waals surface area contributed by atoms with Crippen molar-refractivity contribution < 1.29 is 9.18 Å². The molecule has 0 aromatic heterocycles. The van der Waals surface area contributed by atoms with Gasteiger partial charge in [0.2, 0.25) is 0 Å². The highest BCUT2D eigenvalue weighted by Gasteiger charge is 2.33. The molecule has 25 heavy (non-hydrogen) atoms. The molecule has 1 aliphatic heterocycles. The topological polar surface area (TPSA) is 32.3 Å². The van der Waals surface area contributed by atoms with Crippen LogP contribution < -0.4 is 5.32 Å². The second-order valence-electron chi connectivity index (χ2n) is 6.03. The van der Waals surface area contributed by atoms with Crippen LogP contribution in [0.25, 0.3) is 0 Å². The Morgan fingerprint density at radius 2 is 1.56 bits per heavy atom. The van der Waals surface area contributed by atoms with Crippen molar-refractivity contribution in [1.29, 1.82) is 0 Å². The average Bonchev–Trinajstić information content (AvgIpc) is 2.65. The van der Waals surface area contributed by atoms with Gasteiger partial charge in [-0.3, -0.25) is 4.79 Å². The number of fused-ring (bicyclic) bond motifs is 1. The Bertz CT molecular complexity index is 911. The first kappa shape index (κ1) is 15.4. The lowest BCUT2D eigenvalue weighted by Gasteiger charge is -2.38. The van der Waals surface area contributed by atoms with E-state index in [2.05, 4.69) is 5.32 Å². The molecule has 3 aromatic rings. The number of halogens is 1. The molecular weight excluding hydrogens is 315 g/mol. The number of rotatable bonds is 3. The van der Waals surface area contributed by atoms with E-state index < -0.39 is 6.17 Å². The number of amides is 1. The third-order valence-electron chi connectivity index (χ3n) is 4.42. The summed E-state index contributed by atoms with van der Waals surface area (Å²) in [6.07, 6.45) is -0.552. The molecular formula is C21H17FN2O. The van der Waals surface area contributed by atoms with Crippen molar-refractivity contribution in [2.45, 2.75) is 12.7 Å². The van der Waals surface area contributed by atoms with E-state index in [0.29, 0.717) is 17.7 Å². The van der Waals surface area contributed by atoms with E-state index in [1.807, 2.05) is 48.5 Å². The first-order valence-electron chi connectivity index (χ1n) is 8.19. The highest BCUT2D eigenvalue weighted by atomic mass is 19.1. The SMILES string of the molecule is O=C1c2ccccc2NC(c2ccccc2F)N1Cc1ccccc1. The van der Waals surface area contributed by atoms with Gasteiger partial charge >= 0.3 is 0 Å². The van der Waals surface area contributed by atoms with Crippen molar-refractivity contribution >= 4 is 11.6 Å². The maximum Gasteiger partial charge on any atom is 0.258 e. The minimum atomic E-state index is -0.552. The number of carbonyl (C=O) groups is 1. The Kier molecular flexibility index (Phi) is 3.94. The maximum atomic E-state index is 14.4. The van der Waals surface area contributed by atoms with Crippen molar-refractivity contribution in [1.82, 2.24) is 4.90 Å². The quantitative estimate of drug-likeness (QED) is 0.761. The minimum Gasteiger partial charge on any atom is -0.361 e. The number of anilines is 1. The lowest BCUT2D eigenvalue weighted by atomic mass is 10.0. The molecule has 0 aliphatic carbocycles. The van der Waals surface area contributed by atoms with Crippen molar-refractivity contribution in [3.8, 4) is 0 Å². The molecule has 0 saturated heterocycles. The molecule has 1 N–H and O–H groups in total.